The first-order valence-electron chi connectivity index (χ1n) is 19.4. The molecule has 1 aliphatic heterocycles. The molecule has 0 fully saturated rings. The lowest BCUT2D eigenvalue weighted by molar-refractivity contribution is 0.409. The van der Waals surface area contributed by atoms with E-state index in [0.717, 1.165) is 94.3 Å². The van der Waals surface area contributed by atoms with Gasteiger partial charge in [0.25, 0.3) is 0 Å². The molecule has 3 aromatic heterocycles. The highest BCUT2D eigenvalue weighted by atomic mass is 16.3. The summed E-state index contributed by atoms with van der Waals surface area (Å²) in [5.41, 5.74) is 12.1. The fourth-order valence-electron chi connectivity index (χ4n) is 8.85. The molecule has 1 aliphatic rings. The molecule has 0 amide bonds. The molecule has 0 saturated carbocycles. The van der Waals surface area contributed by atoms with Crippen molar-refractivity contribution in [1.29, 1.82) is 0 Å². The van der Waals surface area contributed by atoms with E-state index in [1.807, 2.05) is 24.3 Å². The molecule has 6 heteroatoms. The number of rotatable bonds is 5. The minimum atomic E-state index is -0.211. The smallest absolute Gasteiger partial charge is 0.159 e. The monoisotopic (exact) mass is 734 g/mol. The summed E-state index contributed by atoms with van der Waals surface area (Å²) in [6.07, 6.45) is -0.403. The van der Waals surface area contributed by atoms with E-state index in [9.17, 15) is 0 Å². The molecule has 2 N–H and O–H groups in total. The Morgan fingerprint density at radius 1 is 0.474 bits per heavy atom. The minimum Gasteiger partial charge on any atom is -0.456 e. The number of furan rings is 2. The van der Waals surface area contributed by atoms with Gasteiger partial charge in [0.1, 0.15) is 34.9 Å². The zero-order chi connectivity index (χ0) is 37.5. The lowest BCUT2D eigenvalue weighted by Gasteiger charge is -2.32. The number of hydrogen-bond acceptors (Lipinski definition) is 5. The van der Waals surface area contributed by atoms with Crippen molar-refractivity contribution in [3.8, 4) is 16.8 Å². The van der Waals surface area contributed by atoms with E-state index >= 15 is 0 Å². The van der Waals surface area contributed by atoms with Gasteiger partial charge in [-0.25, -0.2) is 4.99 Å². The summed E-state index contributed by atoms with van der Waals surface area (Å²) in [5, 5.41) is 14.2. The third kappa shape index (κ3) is 5.04. The molecule has 8 aromatic carbocycles. The maximum atomic E-state index is 6.84. The highest BCUT2D eigenvalue weighted by Gasteiger charge is 2.26. The number of amidine groups is 1. The Hall–Kier alpha value is -7.41. The van der Waals surface area contributed by atoms with Gasteiger partial charge in [-0.2, -0.15) is 0 Å². The van der Waals surface area contributed by atoms with Crippen LogP contribution >= 0.6 is 0 Å². The second kappa shape index (κ2) is 12.6. The molecular formula is C51H34N4O2. The Kier molecular flexibility index (Phi) is 7.03. The summed E-state index contributed by atoms with van der Waals surface area (Å²) in [6.45, 7) is 0. The van der Waals surface area contributed by atoms with Gasteiger partial charge in [-0.15, -0.1) is 0 Å². The fraction of sp³-hybridized carbons (Fsp3) is 0.0392. The van der Waals surface area contributed by atoms with Crippen LogP contribution in [0.5, 0.6) is 0 Å². The van der Waals surface area contributed by atoms with E-state index in [1.165, 1.54) is 10.8 Å². The van der Waals surface area contributed by atoms with Crippen LogP contribution in [0.25, 0.3) is 82.5 Å². The van der Waals surface area contributed by atoms with Crippen LogP contribution in [-0.4, -0.2) is 10.4 Å². The van der Waals surface area contributed by atoms with E-state index < -0.39 is 0 Å². The van der Waals surface area contributed by atoms with Crippen LogP contribution in [-0.2, 0) is 0 Å². The summed E-state index contributed by atoms with van der Waals surface area (Å²) in [5.74, 6) is 0.850. The highest BCUT2D eigenvalue weighted by molar-refractivity contribution is 6.15. The number of nitrogens with one attached hydrogen (secondary N) is 2. The van der Waals surface area contributed by atoms with Gasteiger partial charge in [0.15, 0.2) is 5.58 Å². The summed E-state index contributed by atoms with van der Waals surface area (Å²) in [6, 6.07) is 63.7. The number of nitrogens with zero attached hydrogens (tertiary/aromatic N) is 2. The molecule has 4 heterocycles. The Labute approximate surface area is 327 Å². The van der Waals surface area contributed by atoms with Gasteiger partial charge in [0, 0.05) is 37.9 Å². The van der Waals surface area contributed by atoms with Crippen LogP contribution in [0.4, 0.5) is 0 Å². The van der Waals surface area contributed by atoms with Crippen molar-refractivity contribution in [2.75, 3.05) is 0 Å². The van der Waals surface area contributed by atoms with Crippen molar-refractivity contribution in [2.24, 2.45) is 4.99 Å². The van der Waals surface area contributed by atoms with Gasteiger partial charge in [0.05, 0.1) is 16.7 Å². The fourth-order valence-corrected chi connectivity index (χ4v) is 8.85. The molecule has 0 aliphatic carbocycles. The molecule has 2 atom stereocenters. The second-order valence-electron chi connectivity index (χ2n) is 14.8. The molecule has 6 nitrogen and oxygen atoms in total. The number of aromatic nitrogens is 1. The predicted octanol–water partition coefficient (Wildman–Crippen LogP) is 12.6. The first-order chi connectivity index (χ1) is 28.2. The SMILES string of the molecule is c1ccc(C2=NC(c3ccccc3)NC(c3ccc4c(c3)oc3cccc(-c5ccc6c(c5)oc5c(-n7c8ccccc8c8ccccc87)cccc56)c34)N2)cc1. The van der Waals surface area contributed by atoms with Gasteiger partial charge in [-0.1, -0.05) is 140 Å². The van der Waals surface area contributed by atoms with Crippen LogP contribution in [0.1, 0.15) is 29.0 Å². The predicted molar refractivity (Wildman–Crippen MR) is 232 cm³/mol. The van der Waals surface area contributed by atoms with E-state index in [1.54, 1.807) is 0 Å². The van der Waals surface area contributed by atoms with E-state index in [2.05, 4.69) is 173 Å². The molecular weight excluding hydrogens is 701 g/mol. The minimum absolute atomic E-state index is 0.192. The largest absolute Gasteiger partial charge is 0.456 e. The molecule has 2 unspecified atom stereocenters. The lowest BCUT2D eigenvalue weighted by atomic mass is 9.97. The van der Waals surface area contributed by atoms with E-state index in [4.69, 9.17) is 13.8 Å². The molecule has 12 rings (SSSR count). The van der Waals surface area contributed by atoms with Crippen LogP contribution in [0.15, 0.2) is 196 Å². The number of para-hydroxylation sites is 3. The lowest BCUT2D eigenvalue weighted by Crippen LogP contribution is -2.44. The van der Waals surface area contributed by atoms with Gasteiger partial charge < -0.3 is 18.7 Å². The van der Waals surface area contributed by atoms with Crippen molar-refractivity contribution in [3.63, 3.8) is 0 Å². The summed E-state index contributed by atoms with van der Waals surface area (Å²) < 4.78 is 15.8. The first kappa shape index (κ1) is 31.9. The van der Waals surface area contributed by atoms with Gasteiger partial charge in [-0.05, 0) is 64.7 Å². The van der Waals surface area contributed by atoms with Crippen LogP contribution in [0.3, 0.4) is 0 Å². The second-order valence-corrected chi connectivity index (χ2v) is 14.8. The third-order valence-electron chi connectivity index (χ3n) is 11.5. The van der Waals surface area contributed by atoms with Gasteiger partial charge in [0.2, 0.25) is 0 Å². The molecule has 0 radical (unpaired) electrons. The zero-order valence-corrected chi connectivity index (χ0v) is 30.7. The standard InChI is InChI=1S/C51H34N4O2/c1-3-13-31(14-4-1)49-52-50(32-15-5-2-6-16-32)54-51(53-49)34-26-28-40-46(30-34)56-44-24-12-19-35(47(40)44)33-25-27-38-39-20-11-23-43(48(39)57-45(38)29-33)55-41-21-9-7-17-36(41)37-18-8-10-22-42(37)55/h1-30,49,51,53H,(H,52,54). The van der Waals surface area contributed by atoms with Crippen molar-refractivity contribution >= 4 is 71.5 Å². The summed E-state index contributed by atoms with van der Waals surface area (Å²) in [7, 11) is 0. The maximum Gasteiger partial charge on any atom is 0.159 e. The van der Waals surface area contributed by atoms with Gasteiger partial charge in [-0.3, -0.25) is 5.32 Å². The van der Waals surface area contributed by atoms with Crippen LogP contribution < -0.4 is 10.6 Å². The molecule has 0 spiro atoms. The first-order valence-corrected chi connectivity index (χ1v) is 19.4. The number of aliphatic imine (C=N–C) groups is 1. The normalized spacial score (nSPS) is 15.9. The number of benzene rings is 8. The Morgan fingerprint density at radius 2 is 1.16 bits per heavy atom. The summed E-state index contributed by atoms with van der Waals surface area (Å²) in [4.78, 5) is 5.08. The topological polar surface area (TPSA) is 67.6 Å². The molecule has 0 saturated heterocycles. The van der Waals surface area contributed by atoms with Crippen LogP contribution in [0, 0.1) is 0 Å². The Morgan fingerprint density at radius 3 is 1.96 bits per heavy atom. The van der Waals surface area contributed by atoms with Crippen molar-refractivity contribution in [3.05, 3.63) is 199 Å². The third-order valence-corrected chi connectivity index (χ3v) is 11.5. The highest BCUT2D eigenvalue weighted by Crippen LogP contribution is 2.42. The molecule has 0 bridgehead atoms. The average molecular weight is 735 g/mol. The molecule has 11 aromatic rings. The molecule has 57 heavy (non-hydrogen) atoms. The van der Waals surface area contributed by atoms with Gasteiger partial charge >= 0.3 is 0 Å². The number of fused-ring (bicyclic) bond motifs is 9. The van der Waals surface area contributed by atoms with E-state index in [-0.39, 0.29) is 12.3 Å². The Balaban J connectivity index is 0.951. The quantitative estimate of drug-likeness (QED) is 0.185. The number of hydrogen-bond donors (Lipinski definition) is 2. The molecule has 270 valence electrons. The average Bonchev–Trinajstić information content (AvgIpc) is 3.96. The van der Waals surface area contributed by atoms with Crippen molar-refractivity contribution in [2.45, 2.75) is 12.3 Å². The maximum absolute atomic E-state index is 6.84. The van der Waals surface area contributed by atoms with Crippen molar-refractivity contribution < 1.29 is 8.83 Å². The van der Waals surface area contributed by atoms with E-state index in [0.29, 0.717) is 0 Å². The zero-order valence-electron chi connectivity index (χ0n) is 30.7. The van der Waals surface area contributed by atoms with Crippen molar-refractivity contribution in [1.82, 2.24) is 15.2 Å². The van der Waals surface area contributed by atoms with Crippen LogP contribution in [0.2, 0.25) is 0 Å². The Bertz CT molecular complexity index is 3320. The summed E-state index contributed by atoms with van der Waals surface area (Å²) >= 11 is 0.